The number of carboxylic acid groups (broad SMARTS) is 1. The van der Waals surface area contributed by atoms with Crippen molar-refractivity contribution in [1.82, 2.24) is 0 Å². The van der Waals surface area contributed by atoms with Gasteiger partial charge in [0.1, 0.15) is 0 Å². The van der Waals surface area contributed by atoms with Gasteiger partial charge in [-0.15, -0.1) is 0 Å². The lowest BCUT2D eigenvalue weighted by atomic mass is 9.96. The third kappa shape index (κ3) is 1.61. The van der Waals surface area contributed by atoms with Crippen LogP contribution in [-0.4, -0.2) is 17.0 Å². The van der Waals surface area contributed by atoms with Gasteiger partial charge in [-0.1, -0.05) is 22.9 Å². The van der Waals surface area contributed by atoms with Crippen LogP contribution in [0.5, 0.6) is 0 Å². The van der Waals surface area contributed by atoms with Crippen molar-refractivity contribution in [2.45, 2.75) is 19.3 Å². The van der Waals surface area contributed by atoms with Gasteiger partial charge in [-0.05, 0) is 24.1 Å². The van der Waals surface area contributed by atoms with Crippen LogP contribution in [0.25, 0.3) is 0 Å². The smallest absolute Gasteiger partial charge is 0.337 e. The number of carboxylic acids is 1. The molecule has 0 bridgehead atoms. The average molecular weight is 284 g/mol. The summed E-state index contributed by atoms with van der Waals surface area (Å²) in [7, 11) is 0. The van der Waals surface area contributed by atoms with Crippen LogP contribution < -0.4 is 5.32 Å². The molecule has 84 valence electrons. The van der Waals surface area contributed by atoms with Crippen LogP contribution in [0, 0.1) is 0 Å². The lowest BCUT2D eigenvalue weighted by Gasteiger charge is -2.07. The molecule has 2 N–H and O–H groups in total. The Hall–Kier alpha value is -1.36. The molecule has 5 heteroatoms. The van der Waals surface area contributed by atoms with E-state index in [0.29, 0.717) is 16.6 Å². The van der Waals surface area contributed by atoms with Crippen LogP contribution >= 0.6 is 15.9 Å². The maximum absolute atomic E-state index is 11.6. The quantitative estimate of drug-likeness (QED) is 0.877. The summed E-state index contributed by atoms with van der Waals surface area (Å²) in [4.78, 5) is 22.7. The maximum atomic E-state index is 11.6. The third-order valence-electron chi connectivity index (χ3n) is 2.71. The zero-order valence-corrected chi connectivity index (χ0v) is 10.2. The first-order valence-corrected chi connectivity index (χ1v) is 5.71. The first kappa shape index (κ1) is 11.1. The average Bonchev–Trinajstić information content (AvgIpc) is 2.52. The highest BCUT2D eigenvalue weighted by Gasteiger charge is 2.32. The topological polar surface area (TPSA) is 66.4 Å². The second kappa shape index (κ2) is 3.90. The van der Waals surface area contributed by atoms with E-state index >= 15 is 0 Å². The highest BCUT2D eigenvalue weighted by molar-refractivity contribution is 9.10. The van der Waals surface area contributed by atoms with Gasteiger partial charge in [0.2, 0.25) is 5.91 Å². The van der Waals surface area contributed by atoms with Crippen LogP contribution in [0.2, 0.25) is 0 Å². The van der Waals surface area contributed by atoms with Gasteiger partial charge in [0, 0.05) is 4.47 Å². The molecule has 1 aromatic rings. The summed E-state index contributed by atoms with van der Waals surface area (Å²) in [5, 5.41) is 11.7. The highest BCUT2D eigenvalue weighted by atomic mass is 79.9. The lowest BCUT2D eigenvalue weighted by Crippen LogP contribution is -2.11. The number of halogens is 1. The predicted octanol–water partition coefficient (Wildman–Crippen LogP) is 2.59. The molecule has 16 heavy (non-hydrogen) atoms. The van der Waals surface area contributed by atoms with Gasteiger partial charge >= 0.3 is 5.97 Å². The minimum Gasteiger partial charge on any atom is -0.478 e. The molecule has 0 aromatic heterocycles. The van der Waals surface area contributed by atoms with Gasteiger partial charge in [-0.3, -0.25) is 4.79 Å². The Balaban J connectivity index is 2.64. The number of benzene rings is 1. The Morgan fingerprint density at radius 2 is 2.25 bits per heavy atom. The van der Waals surface area contributed by atoms with E-state index in [1.165, 1.54) is 6.07 Å². The second-order valence-corrected chi connectivity index (χ2v) is 4.59. The number of rotatable bonds is 2. The lowest BCUT2D eigenvalue weighted by molar-refractivity contribution is -0.117. The van der Waals surface area contributed by atoms with Crippen molar-refractivity contribution in [3.8, 4) is 0 Å². The summed E-state index contributed by atoms with van der Waals surface area (Å²) >= 11 is 3.26. The SMILES string of the molecule is CCC1C(=O)Nc2c(C(=O)O)cc(Br)cc21. The fraction of sp³-hybridized carbons (Fsp3) is 0.273. The van der Waals surface area contributed by atoms with Gasteiger partial charge in [-0.2, -0.15) is 0 Å². The molecule has 0 fully saturated rings. The summed E-state index contributed by atoms with van der Waals surface area (Å²) in [6.07, 6.45) is 0.661. The maximum Gasteiger partial charge on any atom is 0.337 e. The molecule has 4 nitrogen and oxygen atoms in total. The Morgan fingerprint density at radius 1 is 1.56 bits per heavy atom. The third-order valence-corrected chi connectivity index (χ3v) is 3.17. The molecule has 1 aliphatic heterocycles. The molecule has 1 aliphatic rings. The number of carbonyl (C=O) groups is 2. The molecule has 1 aromatic carbocycles. The van der Waals surface area contributed by atoms with Crippen LogP contribution in [0.4, 0.5) is 5.69 Å². The van der Waals surface area contributed by atoms with Crippen molar-refractivity contribution in [3.05, 3.63) is 27.7 Å². The van der Waals surface area contributed by atoms with Gasteiger partial charge in [-0.25, -0.2) is 4.79 Å². The molecular formula is C11H10BrNO3. The van der Waals surface area contributed by atoms with Crippen molar-refractivity contribution in [1.29, 1.82) is 0 Å². The number of hydrogen-bond acceptors (Lipinski definition) is 2. The number of nitrogens with one attached hydrogen (secondary N) is 1. The van der Waals surface area contributed by atoms with Crippen molar-refractivity contribution < 1.29 is 14.7 Å². The van der Waals surface area contributed by atoms with Gasteiger partial charge in [0.15, 0.2) is 0 Å². The van der Waals surface area contributed by atoms with E-state index in [1.807, 2.05) is 6.92 Å². The number of amides is 1. The summed E-state index contributed by atoms with van der Waals surface area (Å²) in [5.41, 5.74) is 1.33. The Morgan fingerprint density at radius 3 is 2.81 bits per heavy atom. The molecule has 1 atom stereocenters. The molecule has 1 amide bonds. The molecule has 0 aliphatic carbocycles. The highest BCUT2D eigenvalue weighted by Crippen LogP contribution is 2.39. The zero-order chi connectivity index (χ0) is 11.9. The molecule has 0 saturated carbocycles. The monoisotopic (exact) mass is 283 g/mol. The van der Waals surface area contributed by atoms with Crippen molar-refractivity contribution in [2.24, 2.45) is 0 Å². The van der Waals surface area contributed by atoms with E-state index in [1.54, 1.807) is 6.07 Å². The summed E-state index contributed by atoms with van der Waals surface area (Å²) in [6.45, 7) is 1.90. The second-order valence-electron chi connectivity index (χ2n) is 3.67. The molecule has 1 heterocycles. The summed E-state index contributed by atoms with van der Waals surface area (Å²) in [5.74, 6) is -1.40. The Kier molecular flexibility index (Phi) is 2.71. The molecule has 0 radical (unpaired) electrons. The van der Waals surface area contributed by atoms with E-state index < -0.39 is 5.97 Å². The first-order valence-electron chi connectivity index (χ1n) is 4.92. The minimum absolute atomic E-state index is 0.127. The Bertz CT molecular complexity index is 484. The van der Waals surface area contributed by atoms with Crippen LogP contribution in [0.15, 0.2) is 16.6 Å². The van der Waals surface area contributed by atoms with Crippen molar-refractivity contribution >= 4 is 33.5 Å². The fourth-order valence-corrected chi connectivity index (χ4v) is 2.44. The van der Waals surface area contributed by atoms with Crippen LogP contribution in [-0.2, 0) is 4.79 Å². The minimum atomic E-state index is -1.03. The zero-order valence-electron chi connectivity index (χ0n) is 8.58. The first-order chi connectivity index (χ1) is 7.54. The van der Waals surface area contributed by atoms with Crippen molar-refractivity contribution in [2.75, 3.05) is 5.32 Å². The van der Waals surface area contributed by atoms with E-state index in [0.717, 1.165) is 5.56 Å². The van der Waals surface area contributed by atoms with Gasteiger partial charge < -0.3 is 10.4 Å². The van der Waals surface area contributed by atoms with Crippen LogP contribution in [0.1, 0.15) is 35.2 Å². The van der Waals surface area contributed by atoms with Gasteiger partial charge in [0.25, 0.3) is 0 Å². The van der Waals surface area contributed by atoms with Gasteiger partial charge in [0.05, 0.1) is 17.2 Å². The number of hydrogen-bond donors (Lipinski definition) is 2. The molecular weight excluding hydrogens is 274 g/mol. The molecule has 0 saturated heterocycles. The molecule has 1 unspecified atom stereocenters. The fourth-order valence-electron chi connectivity index (χ4n) is 1.97. The molecule has 0 spiro atoms. The summed E-state index contributed by atoms with van der Waals surface area (Å²) in [6, 6.07) is 3.30. The van der Waals surface area contributed by atoms with Crippen molar-refractivity contribution in [3.63, 3.8) is 0 Å². The number of anilines is 1. The van der Waals surface area contributed by atoms with Crippen LogP contribution in [0.3, 0.4) is 0 Å². The number of aromatic carboxylic acids is 1. The number of fused-ring (bicyclic) bond motifs is 1. The van der Waals surface area contributed by atoms with E-state index in [-0.39, 0.29) is 17.4 Å². The summed E-state index contributed by atoms with van der Waals surface area (Å²) < 4.78 is 0.679. The Labute approximate surface area is 101 Å². The number of carbonyl (C=O) groups excluding carboxylic acids is 1. The largest absolute Gasteiger partial charge is 0.478 e. The van der Waals surface area contributed by atoms with E-state index in [2.05, 4.69) is 21.2 Å². The standard InChI is InChI=1S/C11H10BrNO3/c1-2-6-7-3-5(12)4-8(11(15)16)9(7)13-10(6)14/h3-4,6H,2H2,1H3,(H,13,14)(H,15,16). The van der Waals surface area contributed by atoms with E-state index in [4.69, 9.17) is 5.11 Å². The molecule has 2 rings (SSSR count). The van der Waals surface area contributed by atoms with E-state index in [9.17, 15) is 9.59 Å². The normalized spacial score (nSPS) is 18.1. The predicted molar refractivity (Wildman–Crippen MR) is 62.8 cm³/mol.